The summed E-state index contributed by atoms with van der Waals surface area (Å²) < 4.78 is 35.6. The zero-order chi connectivity index (χ0) is 26.3. The molecule has 0 saturated carbocycles. The second-order valence-corrected chi connectivity index (χ2v) is 11.1. The molecule has 0 aliphatic carbocycles. The molecule has 3 aromatic rings. The van der Waals surface area contributed by atoms with Crippen molar-refractivity contribution in [2.75, 3.05) is 26.2 Å². The van der Waals surface area contributed by atoms with Gasteiger partial charge in [-0.05, 0) is 69.2 Å². The van der Waals surface area contributed by atoms with E-state index in [1.807, 2.05) is 22.8 Å². The van der Waals surface area contributed by atoms with Crippen LogP contribution >= 0.6 is 23.2 Å². The molecular weight excluding hydrogens is 519 g/mol. The summed E-state index contributed by atoms with van der Waals surface area (Å²) in [6.45, 7) is 6.46. The highest BCUT2D eigenvalue weighted by molar-refractivity contribution is 6.42. The van der Waals surface area contributed by atoms with Gasteiger partial charge in [-0.1, -0.05) is 23.2 Å². The number of likely N-dealkylation sites (tertiary alicyclic amines) is 2. The summed E-state index contributed by atoms with van der Waals surface area (Å²) in [7, 11) is 0. The van der Waals surface area contributed by atoms with E-state index in [1.54, 1.807) is 24.3 Å². The number of carbonyl (C=O) groups excluding carboxylic acids is 1. The number of hydrogen-bond acceptors (Lipinski definition) is 3. The van der Waals surface area contributed by atoms with Crippen LogP contribution in [-0.4, -0.2) is 64.5 Å². The van der Waals surface area contributed by atoms with Gasteiger partial charge in [0.15, 0.2) is 0 Å². The molecule has 0 N–H and O–H groups in total. The Morgan fingerprint density at radius 3 is 2.32 bits per heavy atom. The number of amides is 1. The second kappa shape index (κ2) is 10.4. The molecule has 1 aromatic heterocycles. The topological polar surface area (TPSA) is 37.7 Å². The Hall–Kier alpha value is -2.35. The molecule has 2 aliphatic heterocycles. The lowest BCUT2D eigenvalue weighted by atomic mass is 10.1. The average molecular weight is 550 g/mol. The van der Waals surface area contributed by atoms with Crippen LogP contribution in [0.15, 0.2) is 42.5 Å². The van der Waals surface area contributed by atoms with Crippen LogP contribution in [0.1, 0.15) is 50.0 Å². The van der Waals surface area contributed by atoms with Gasteiger partial charge in [-0.15, -0.1) is 0 Å². The summed E-state index contributed by atoms with van der Waals surface area (Å²) in [5, 5.41) is 1.60. The molecule has 0 spiro atoms. The summed E-state index contributed by atoms with van der Waals surface area (Å²) in [6.07, 6.45) is 1.40. The molecule has 2 saturated heterocycles. The van der Waals surface area contributed by atoms with E-state index in [1.165, 1.54) is 4.90 Å². The lowest BCUT2D eigenvalue weighted by Gasteiger charge is -2.34. The molecular formula is C28H31Cl2F2N3O2. The van der Waals surface area contributed by atoms with E-state index in [0.29, 0.717) is 27.5 Å². The van der Waals surface area contributed by atoms with Gasteiger partial charge in [0.1, 0.15) is 17.5 Å². The van der Waals surface area contributed by atoms with Crippen LogP contribution in [0.2, 0.25) is 10.0 Å². The number of benzene rings is 2. The zero-order valence-electron chi connectivity index (χ0n) is 21.0. The zero-order valence-corrected chi connectivity index (χ0v) is 22.5. The molecule has 0 unspecified atom stereocenters. The van der Waals surface area contributed by atoms with Gasteiger partial charge in [0.2, 0.25) is 0 Å². The van der Waals surface area contributed by atoms with Crippen molar-refractivity contribution < 1.29 is 18.3 Å². The van der Waals surface area contributed by atoms with Crippen LogP contribution in [0.5, 0.6) is 5.75 Å². The van der Waals surface area contributed by atoms with Crippen LogP contribution in [0.4, 0.5) is 8.78 Å². The molecule has 2 aromatic carbocycles. The van der Waals surface area contributed by atoms with E-state index in [0.717, 1.165) is 42.6 Å². The molecule has 37 heavy (non-hydrogen) atoms. The number of alkyl halides is 2. The maximum Gasteiger partial charge on any atom is 0.270 e. The van der Waals surface area contributed by atoms with E-state index in [4.69, 9.17) is 27.9 Å². The number of aromatic nitrogens is 1. The third-order valence-corrected chi connectivity index (χ3v) is 8.18. The second-order valence-electron chi connectivity index (χ2n) is 10.3. The Labute approximate surface area is 225 Å². The van der Waals surface area contributed by atoms with E-state index in [-0.39, 0.29) is 37.9 Å². The number of fused-ring (bicyclic) bond motifs is 1. The fourth-order valence-electron chi connectivity index (χ4n) is 5.23. The van der Waals surface area contributed by atoms with Crippen molar-refractivity contribution in [3.8, 4) is 11.4 Å². The smallest absolute Gasteiger partial charge is 0.270 e. The highest BCUT2D eigenvalue weighted by Crippen LogP contribution is 2.34. The monoisotopic (exact) mass is 549 g/mol. The molecule has 1 amide bonds. The van der Waals surface area contributed by atoms with Crippen molar-refractivity contribution in [1.82, 2.24) is 14.4 Å². The fourth-order valence-corrected chi connectivity index (χ4v) is 5.52. The Kier molecular flexibility index (Phi) is 7.40. The lowest BCUT2D eigenvalue weighted by molar-refractivity contribution is -0.0495. The number of nitrogens with zero attached hydrogens (tertiary/aromatic N) is 3. The molecule has 5 nitrogen and oxygen atoms in total. The van der Waals surface area contributed by atoms with Crippen LogP contribution in [0.3, 0.4) is 0 Å². The van der Waals surface area contributed by atoms with E-state index in [9.17, 15) is 13.6 Å². The minimum atomic E-state index is -2.73. The number of halogens is 4. The maximum absolute atomic E-state index is 13.7. The van der Waals surface area contributed by atoms with Crippen LogP contribution in [0, 0.1) is 0 Å². The van der Waals surface area contributed by atoms with Crippen LogP contribution in [-0.2, 0) is 0 Å². The average Bonchev–Trinajstić information content (AvgIpc) is 3.24. The molecule has 0 atom stereocenters. The molecule has 5 rings (SSSR count). The van der Waals surface area contributed by atoms with E-state index < -0.39 is 5.92 Å². The van der Waals surface area contributed by atoms with Gasteiger partial charge in [0.05, 0.1) is 15.6 Å². The predicted octanol–water partition coefficient (Wildman–Crippen LogP) is 7.06. The summed E-state index contributed by atoms with van der Waals surface area (Å²) in [6, 6.07) is 13.3. The Morgan fingerprint density at radius 2 is 1.68 bits per heavy atom. The van der Waals surface area contributed by atoms with Crippen molar-refractivity contribution in [1.29, 1.82) is 0 Å². The van der Waals surface area contributed by atoms with Crippen molar-refractivity contribution in [2.24, 2.45) is 0 Å². The highest BCUT2D eigenvalue weighted by atomic mass is 35.5. The van der Waals surface area contributed by atoms with Crippen LogP contribution in [0.25, 0.3) is 16.6 Å². The minimum absolute atomic E-state index is 0.0121. The fraction of sp³-hybridized carbons (Fsp3) is 0.464. The Balaban J connectivity index is 1.47. The van der Waals surface area contributed by atoms with E-state index in [2.05, 4.69) is 18.7 Å². The highest BCUT2D eigenvalue weighted by Gasteiger charge is 2.36. The van der Waals surface area contributed by atoms with Crippen molar-refractivity contribution in [3.63, 3.8) is 0 Å². The number of carbonyl (C=O) groups is 1. The quantitative estimate of drug-likeness (QED) is 0.342. The first kappa shape index (κ1) is 26.3. The predicted molar refractivity (Wildman–Crippen MR) is 144 cm³/mol. The standard InChI is InChI=1S/C28H31Cl2F2N3O2/c1-18(2)33-11-7-21(8-12-33)37-22-4-6-25-19(15-22)16-26(27(36)34-13-9-28(31,32)10-14-34)35(25)20-3-5-23(29)24(30)17-20/h3-6,15-18,21H,7-14H2,1-2H3. The summed E-state index contributed by atoms with van der Waals surface area (Å²) >= 11 is 12.5. The van der Waals surface area contributed by atoms with Gasteiger partial charge < -0.3 is 19.1 Å². The number of piperidine rings is 2. The third kappa shape index (κ3) is 5.59. The molecule has 2 fully saturated rings. The SMILES string of the molecule is CC(C)N1CCC(Oc2ccc3c(c2)cc(C(=O)N2CCC(F)(F)CC2)n3-c2ccc(Cl)c(Cl)c2)CC1. The Bertz CT molecular complexity index is 1290. The van der Waals surface area contributed by atoms with E-state index >= 15 is 0 Å². The summed E-state index contributed by atoms with van der Waals surface area (Å²) in [5.41, 5.74) is 1.86. The Morgan fingerprint density at radius 1 is 0.973 bits per heavy atom. The summed E-state index contributed by atoms with van der Waals surface area (Å²) in [4.78, 5) is 17.5. The van der Waals surface area contributed by atoms with Gasteiger partial charge in [0, 0.05) is 56.1 Å². The number of ether oxygens (including phenoxy) is 1. The molecule has 9 heteroatoms. The first-order valence-corrected chi connectivity index (χ1v) is 13.6. The molecule has 2 aliphatic rings. The third-order valence-electron chi connectivity index (χ3n) is 7.45. The van der Waals surface area contributed by atoms with Gasteiger partial charge >= 0.3 is 0 Å². The minimum Gasteiger partial charge on any atom is -0.490 e. The summed E-state index contributed by atoms with van der Waals surface area (Å²) in [5.74, 6) is -2.27. The van der Waals surface area contributed by atoms with Gasteiger partial charge in [0.25, 0.3) is 11.8 Å². The van der Waals surface area contributed by atoms with Crippen molar-refractivity contribution in [3.05, 3.63) is 58.2 Å². The maximum atomic E-state index is 13.7. The molecule has 3 heterocycles. The number of rotatable bonds is 5. The van der Waals surface area contributed by atoms with Crippen molar-refractivity contribution in [2.45, 2.75) is 57.6 Å². The largest absolute Gasteiger partial charge is 0.490 e. The first-order valence-electron chi connectivity index (χ1n) is 12.8. The normalized spacial score (nSPS) is 19.1. The lowest BCUT2D eigenvalue weighted by Crippen LogP contribution is -2.43. The van der Waals surface area contributed by atoms with Crippen LogP contribution < -0.4 is 4.74 Å². The number of hydrogen-bond donors (Lipinski definition) is 0. The van der Waals surface area contributed by atoms with Gasteiger partial charge in [-0.3, -0.25) is 4.79 Å². The van der Waals surface area contributed by atoms with Gasteiger partial charge in [-0.25, -0.2) is 8.78 Å². The molecule has 0 radical (unpaired) electrons. The molecule has 198 valence electrons. The molecule has 0 bridgehead atoms. The van der Waals surface area contributed by atoms with Crippen molar-refractivity contribution >= 4 is 40.0 Å². The first-order chi connectivity index (χ1) is 17.6. The van der Waals surface area contributed by atoms with Gasteiger partial charge in [-0.2, -0.15) is 0 Å².